The normalized spacial score (nSPS) is 21.4. The fourth-order valence-corrected chi connectivity index (χ4v) is 4.67. The number of anilines is 1. The van der Waals surface area contributed by atoms with Crippen molar-refractivity contribution in [3.05, 3.63) is 44.3 Å². The number of carbonyl (C=O) groups is 2. The highest BCUT2D eigenvalue weighted by atomic mass is 35.5. The number of methoxy groups -OCH3 is 2. The molecule has 2 atom stereocenters. The van der Waals surface area contributed by atoms with E-state index >= 15 is 0 Å². The van der Waals surface area contributed by atoms with Gasteiger partial charge in [0.15, 0.2) is 11.4 Å². The zero-order valence-corrected chi connectivity index (χ0v) is 18.0. The van der Waals surface area contributed by atoms with Crippen LogP contribution in [-0.4, -0.2) is 46.3 Å². The van der Waals surface area contributed by atoms with E-state index in [9.17, 15) is 14.4 Å². The number of nitrogens with one attached hydrogen (secondary N) is 1. The first kappa shape index (κ1) is 20.3. The molecule has 2 aromatic heterocycles. The minimum absolute atomic E-state index is 0.0255. The Morgan fingerprint density at radius 1 is 1.16 bits per heavy atom. The van der Waals surface area contributed by atoms with E-state index in [1.807, 2.05) is 0 Å². The van der Waals surface area contributed by atoms with Gasteiger partial charge in [0.1, 0.15) is 22.1 Å². The first-order valence-electron chi connectivity index (χ1n) is 9.65. The van der Waals surface area contributed by atoms with E-state index in [1.54, 1.807) is 6.92 Å². The summed E-state index contributed by atoms with van der Waals surface area (Å²) in [7, 11) is 2.81. The number of Topliss-reactive ketones (excluding diaryl/α,β-unsaturated/α-hetero) is 2. The van der Waals surface area contributed by atoms with Crippen molar-refractivity contribution in [2.75, 3.05) is 20.0 Å². The number of rotatable bonds is 2. The largest absolute Gasteiger partial charge is 0.496 e. The van der Waals surface area contributed by atoms with Crippen LogP contribution in [0.5, 0.6) is 17.2 Å². The lowest BCUT2D eigenvalue weighted by Crippen LogP contribution is -2.56. The molecule has 32 heavy (non-hydrogen) atoms. The second kappa shape index (κ2) is 6.67. The van der Waals surface area contributed by atoms with Crippen molar-refractivity contribution >= 4 is 40.1 Å². The maximum absolute atomic E-state index is 13.8. The average molecular weight is 457 g/mol. The second-order valence-electron chi connectivity index (χ2n) is 7.71. The molecule has 0 saturated carbocycles. The standard InChI is InChI=1S/C21H17ClN4O6/c1-7-4-10-8(5-9-18(24-10)25-20(23)26-19(9)29)16(27)21(7)17(28)13-11(30-2)6-12(31-3)14(22)15(13)32-21/h5-7H,4H2,1-3H3,(H3,23,24,25,26,29)/t7-,21+/m1/s1. The summed E-state index contributed by atoms with van der Waals surface area (Å²) in [6.07, 6.45) is 0.224. The summed E-state index contributed by atoms with van der Waals surface area (Å²) in [6.45, 7) is 1.72. The molecule has 0 unspecified atom stereocenters. The molecule has 1 spiro atoms. The van der Waals surface area contributed by atoms with Gasteiger partial charge >= 0.3 is 0 Å². The van der Waals surface area contributed by atoms with Crippen LogP contribution < -0.4 is 25.5 Å². The number of nitrogens with zero attached hydrogens (tertiary/aromatic N) is 2. The predicted molar refractivity (Wildman–Crippen MR) is 114 cm³/mol. The third-order valence-corrected chi connectivity index (χ3v) is 6.35. The highest BCUT2D eigenvalue weighted by molar-refractivity contribution is 6.36. The van der Waals surface area contributed by atoms with Crippen molar-refractivity contribution < 1.29 is 23.8 Å². The molecule has 5 rings (SSSR count). The molecule has 1 aromatic carbocycles. The van der Waals surface area contributed by atoms with Crippen LogP contribution in [0.4, 0.5) is 5.95 Å². The van der Waals surface area contributed by atoms with Gasteiger partial charge in [-0.25, -0.2) is 4.98 Å². The fourth-order valence-electron chi connectivity index (χ4n) is 4.40. The van der Waals surface area contributed by atoms with Gasteiger partial charge in [0.25, 0.3) is 5.56 Å². The number of hydrogen-bond acceptors (Lipinski definition) is 9. The van der Waals surface area contributed by atoms with Gasteiger partial charge in [-0.2, -0.15) is 4.98 Å². The van der Waals surface area contributed by atoms with E-state index in [0.717, 1.165) is 0 Å². The first-order valence-corrected chi connectivity index (χ1v) is 10.0. The van der Waals surface area contributed by atoms with E-state index in [1.165, 1.54) is 26.4 Å². The van der Waals surface area contributed by atoms with Crippen molar-refractivity contribution in [2.24, 2.45) is 5.92 Å². The van der Waals surface area contributed by atoms with E-state index < -0.39 is 28.6 Å². The van der Waals surface area contributed by atoms with Crippen LogP contribution in [-0.2, 0) is 6.42 Å². The summed E-state index contributed by atoms with van der Waals surface area (Å²) in [5.41, 5.74) is 3.90. The first-order chi connectivity index (χ1) is 15.2. The van der Waals surface area contributed by atoms with Crippen molar-refractivity contribution in [3.63, 3.8) is 0 Å². The molecule has 0 radical (unpaired) electrons. The fraction of sp³-hybridized carbons (Fsp3) is 0.286. The number of H-pyrrole nitrogens is 1. The zero-order valence-electron chi connectivity index (χ0n) is 17.2. The molecule has 10 nitrogen and oxygen atoms in total. The summed E-state index contributed by atoms with van der Waals surface area (Å²) in [5.74, 6) is -1.41. The highest BCUT2D eigenvalue weighted by Crippen LogP contribution is 2.53. The molecular weight excluding hydrogens is 440 g/mol. The molecule has 164 valence electrons. The summed E-state index contributed by atoms with van der Waals surface area (Å²) < 4.78 is 16.7. The summed E-state index contributed by atoms with van der Waals surface area (Å²) in [5, 5.41) is 0.142. The number of aromatic nitrogens is 3. The topological polar surface area (TPSA) is 146 Å². The number of nitrogens with two attached hydrogens (primary N) is 1. The Morgan fingerprint density at radius 2 is 1.88 bits per heavy atom. The van der Waals surface area contributed by atoms with Crippen LogP contribution in [0.2, 0.25) is 5.02 Å². The van der Waals surface area contributed by atoms with Crippen molar-refractivity contribution in [2.45, 2.75) is 18.9 Å². The van der Waals surface area contributed by atoms with Gasteiger partial charge in [-0.3, -0.25) is 19.4 Å². The Labute approximate surface area is 185 Å². The highest BCUT2D eigenvalue weighted by Gasteiger charge is 2.62. The van der Waals surface area contributed by atoms with Gasteiger partial charge in [0, 0.05) is 17.5 Å². The van der Waals surface area contributed by atoms with Crippen LogP contribution >= 0.6 is 11.6 Å². The molecule has 0 bridgehead atoms. The van der Waals surface area contributed by atoms with Crippen LogP contribution in [0, 0.1) is 5.92 Å². The van der Waals surface area contributed by atoms with Crippen molar-refractivity contribution in [1.82, 2.24) is 15.0 Å². The van der Waals surface area contributed by atoms with Crippen molar-refractivity contribution in [1.29, 1.82) is 0 Å². The predicted octanol–water partition coefficient (Wildman–Crippen LogP) is 1.96. The van der Waals surface area contributed by atoms with Crippen LogP contribution in [0.15, 0.2) is 16.9 Å². The smallest absolute Gasteiger partial charge is 0.261 e. The van der Waals surface area contributed by atoms with Gasteiger partial charge in [0.05, 0.1) is 25.3 Å². The number of nitrogen functional groups attached to an aromatic ring is 1. The minimum Gasteiger partial charge on any atom is -0.496 e. The monoisotopic (exact) mass is 456 g/mol. The van der Waals surface area contributed by atoms with E-state index in [0.29, 0.717) is 5.69 Å². The number of carbonyl (C=O) groups excluding carboxylic acids is 2. The molecule has 0 saturated heterocycles. The van der Waals surface area contributed by atoms with E-state index in [4.69, 9.17) is 31.5 Å². The molecule has 0 fully saturated rings. The third-order valence-electron chi connectivity index (χ3n) is 5.99. The molecule has 3 N–H and O–H groups in total. The molecule has 1 aliphatic heterocycles. The number of benzene rings is 1. The number of pyridine rings is 1. The lowest BCUT2D eigenvalue weighted by molar-refractivity contribution is 0.0257. The van der Waals surface area contributed by atoms with Gasteiger partial charge in [0.2, 0.25) is 23.1 Å². The van der Waals surface area contributed by atoms with Gasteiger partial charge < -0.3 is 19.9 Å². The number of aromatic amines is 1. The molecule has 2 aliphatic rings. The molecule has 3 heterocycles. The van der Waals surface area contributed by atoms with E-state index in [-0.39, 0.29) is 56.8 Å². The lowest BCUT2D eigenvalue weighted by Gasteiger charge is -2.36. The number of halogens is 1. The summed E-state index contributed by atoms with van der Waals surface area (Å²) in [6, 6.07) is 2.84. The molecule has 3 aromatic rings. The Morgan fingerprint density at radius 3 is 2.56 bits per heavy atom. The van der Waals surface area contributed by atoms with Crippen LogP contribution in [0.3, 0.4) is 0 Å². The van der Waals surface area contributed by atoms with Gasteiger partial charge in [-0.05, 0) is 12.5 Å². The Hall–Kier alpha value is -3.66. The summed E-state index contributed by atoms with van der Waals surface area (Å²) >= 11 is 6.41. The third kappa shape index (κ3) is 2.44. The number of ketones is 2. The zero-order chi connectivity index (χ0) is 22.9. The van der Waals surface area contributed by atoms with Gasteiger partial charge in [-0.1, -0.05) is 18.5 Å². The van der Waals surface area contributed by atoms with Crippen LogP contribution in [0.1, 0.15) is 33.3 Å². The number of ether oxygens (including phenoxy) is 3. The van der Waals surface area contributed by atoms with Crippen LogP contribution in [0.25, 0.3) is 11.0 Å². The molecule has 11 heteroatoms. The Balaban J connectivity index is 1.73. The number of fused-ring (bicyclic) bond motifs is 3. The minimum atomic E-state index is -1.87. The molecular formula is C21H17ClN4O6. The van der Waals surface area contributed by atoms with E-state index in [2.05, 4.69) is 15.0 Å². The molecule has 1 aliphatic carbocycles. The molecule has 0 amide bonds. The maximum Gasteiger partial charge on any atom is 0.261 e. The SMILES string of the molecule is COc1cc(OC)c2c(c1Cl)O[C@@]1(C(=O)c3cc4c(=O)[nH]c(N)nc4nc3C[C@H]1C)C2=O. The van der Waals surface area contributed by atoms with Gasteiger partial charge in [-0.15, -0.1) is 0 Å². The second-order valence-corrected chi connectivity index (χ2v) is 8.08. The maximum atomic E-state index is 13.8. The lowest BCUT2D eigenvalue weighted by atomic mass is 9.71. The quantitative estimate of drug-likeness (QED) is 0.552. The summed E-state index contributed by atoms with van der Waals surface area (Å²) in [4.78, 5) is 50.6. The Bertz CT molecular complexity index is 1420. The Kier molecular flexibility index (Phi) is 4.22. The number of hydrogen-bond donors (Lipinski definition) is 2. The van der Waals surface area contributed by atoms with Crippen molar-refractivity contribution in [3.8, 4) is 17.2 Å². The average Bonchev–Trinajstić information content (AvgIpc) is 3.07.